The first-order chi connectivity index (χ1) is 14.7. The van der Waals surface area contributed by atoms with Crippen LogP contribution in [0.3, 0.4) is 0 Å². The zero-order valence-electron chi connectivity index (χ0n) is 21.6. The van der Waals surface area contributed by atoms with Crippen LogP contribution in [0, 0.1) is 11.8 Å². The predicted octanol–water partition coefficient (Wildman–Crippen LogP) is 8.76. The molecule has 1 saturated heterocycles. The molecule has 0 spiro atoms. The Morgan fingerprint density at radius 3 is 2.03 bits per heavy atom. The minimum absolute atomic E-state index is 0.317. The van der Waals surface area contributed by atoms with Crippen molar-refractivity contribution in [1.82, 2.24) is 0 Å². The van der Waals surface area contributed by atoms with E-state index < -0.39 is 0 Å². The van der Waals surface area contributed by atoms with E-state index in [-0.39, 0.29) is 0 Å². The Balaban J connectivity index is 2.12. The highest BCUT2D eigenvalue weighted by Gasteiger charge is 2.33. The molecule has 0 saturated carbocycles. The molecule has 0 aromatic heterocycles. The van der Waals surface area contributed by atoms with Gasteiger partial charge in [-0.1, -0.05) is 56.6 Å². The normalized spacial score (nSPS) is 21.0. The summed E-state index contributed by atoms with van der Waals surface area (Å²) in [5.41, 5.74) is 3.92. The molecule has 3 unspecified atom stereocenters. The molecule has 1 rings (SSSR count). The summed E-state index contributed by atoms with van der Waals surface area (Å²) < 4.78 is 5.51. The van der Waals surface area contributed by atoms with Gasteiger partial charge in [-0.2, -0.15) is 0 Å². The lowest BCUT2D eigenvalue weighted by Crippen LogP contribution is -2.01. The Bertz CT molecular complexity index is 608. The predicted molar refractivity (Wildman–Crippen MR) is 135 cm³/mol. The number of ether oxygens (including phenoxy) is 1. The Kier molecular flexibility index (Phi) is 14.0. The topological polar surface area (TPSA) is 29.6 Å². The summed E-state index contributed by atoms with van der Waals surface area (Å²) in [6.45, 7) is 15.4. The van der Waals surface area contributed by atoms with Gasteiger partial charge < -0.3 is 4.74 Å². The molecule has 0 N–H and O–H groups in total. The number of hydrogen-bond donors (Lipinski definition) is 0. The van der Waals surface area contributed by atoms with Crippen LogP contribution in [0.1, 0.15) is 119 Å². The molecule has 0 amide bonds. The fraction of sp³-hybridized carbons (Fsp3) is 0.759. The molecular formula is C29H50O2. The molecule has 178 valence electrons. The standard InChI is InChI=1S/C29H50O2/c1-22(2)18-20-28(30)26(6)17-11-16-24(4)13-9-8-12-23(3)14-10-15-25(5)19-21-29-27(7)31-29/h12-13,17,22,25,27,29H,8-11,14-16,18-21H2,1-7H3/b23-12+,24-13+,26-17+. The maximum Gasteiger partial charge on any atom is 0.158 e. The van der Waals surface area contributed by atoms with Crippen molar-refractivity contribution in [2.75, 3.05) is 0 Å². The first-order valence-electron chi connectivity index (χ1n) is 12.9. The molecule has 3 atom stereocenters. The van der Waals surface area contributed by atoms with E-state index in [1.54, 1.807) is 0 Å². The molecule has 0 aromatic rings. The average molecular weight is 431 g/mol. The van der Waals surface area contributed by atoms with Crippen LogP contribution in [0.5, 0.6) is 0 Å². The fourth-order valence-electron chi connectivity index (χ4n) is 3.97. The van der Waals surface area contributed by atoms with Crippen molar-refractivity contribution in [1.29, 1.82) is 0 Å². The summed E-state index contributed by atoms with van der Waals surface area (Å²) in [6.07, 6.45) is 20.4. The lowest BCUT2D eigenvalue weighted by molar-refractivity contribution is -0.115. The minimum atomic E-state index is 0.317. The highest BCUT2D eigenvalue weighted by molar-refractivity contribution is 5.94. The average Bonchev–Trinajstić information content (AvgIpc) is 3.42. The van der Waals surface area contributed by atoms with Crippen molar-refractivity contribution in [2.24, 2.45) is 11.8 Å². The van der Waals surface area contributed by atoms with Crippen molar-refractivity contribution in [3.8, 4) is 0 Å². The van der Waals surface area contributed by atoms with Gasteiger partial charge in [0.15, 0.2) is 5.78 Å². The number of carbonyl (C=O) groups is 1. The molecule has 31 heavy (non-hydrogen) atoms. The van der Waals surface area contributed by atoms with Gasteiger partial charge in [-0.3, -0.25) is 4.79 Å². The number of carbonyl (C=O) groups excluding carboxylic acids is 1. The van der Waals surface area contributed by atoms with Gasteiger partial charge in [0, 0.05) is 6.42 Å². The van der Waals surface area contributed by atoms with E-state index in [0.717, 1.165) is 43.6 Å². The van der Waals surface area contributed by atoms with Gasteiger partial charge in [0.2, 0.25) is 0 Å². The van der Waals surface area contributed by atoms with Crippen LogP contribution >= 0.6 is 0 Å². The lowest BCUT2D eigenvalue weighted by atomic mass is 9.96. The van der Waals surface area contributed by atoms with Crippen molar-refractivity contribution in [3.63, 3.8) is 0 Å². The van der Waals surface area contributed by atoms with Gasteiger partial charge in [0.05, 0.1) is 12.2 Å². The maximum atomic E-state index is 12.1. The molecular weight excluding hydrogens is 380 g/mol. The molecule has 1 fully saturated rings. The zero-order valence-corrected chi connectivity index (χ0v) is 21.6. The van der Waals surface area contributed by atoms with Crippen LogP contribution in [0.2, 0.25) is 0 Å². The third-order valence-corrected chi connectivity index (χ3v) is 6.58. The summed E-state index contributed by atoms with van der Waals surface area (Å²) in [7, 11) is 0. The molecule has 2 nitrogen and oxygen atoms in total. The Labute approximate surface area is 193 Å². The second kappa shape index (κ2) is 15.6. The lowest BCUT2D eigenvalue weighted by Gasteiger charge is -2.10. The van der Waals surface area contributed by atoms with Crippen molar-refractivity contribution < 1.29 is 9.53 Å². The second-order valence-electron chi connectivity index (χ2n) is 10.4. The van der Waals surface area contributed by atoms with E-state index in [4.69, 9.17) is 4.74 Å². The summed E-state index contributed by atoms with van der Waals surface area (Å²) in [4.78, 5) is 12.1. The van der Waals surface area contributed by atoms with E-state index in [2.05, 4.69) is 59.8 Å². The smallest absolute Gasteiger partial charge is 0.158 e. The van der Waals surface area contributed by atoms with E-state index in [0.29, 0.717) is 30.3 Å². The SMILES string of the molecule is C/C(=C\CC/C=C(\C)CCCC(C)CCC1OC1C)CC/C=C(\C)C(=O)CCC(C)C. The Hall–Kier alpha value is -1.15. The van der Waals surface area contributed by atoms with Crippen LogP contribution in [0.25, 0.3) is 0 Å². The zero-order chi connectivity index (χ0) is 23.2. The third-order valence-electron chi connectivity index (χ3n) is 6.58. The molecule has 0 aromatic carbocycles. The first-order valence-corrected chi connectivity index (χ1v) is 12.9. The highest BCUT2D eigenvalue weighted by Crippen LogP contribution is 2.28. The number of rotatable bonds is 17. The number of Topliss-reactive ketones (excluding diaryl/α,β-unsaturated/α-hetero) is 1. The van der Waals surface area contributed by atoms with Gasteiger partial charge in [0.25, 0.3) is 0 Å². The maximum absolute atomic E-state index is 12.1. The van der Waals surface area contributed by atoms with Crippen LogP contribution < -0.4 is 0 Å². The molecule has 0 aliphatic carbocycles. The van der Waals surface area contributed by atoms with Crippen LogP contribution in [0.4, 0.5) is 0 Å². The van der Waals surface area contributed by atoms with Gasteiger partial charge in [-0.05, 0) is 103 Å². The van der Waals surface area contributed by atoms with Crippen LogP contribution in [0.15, 0.2) is 34.9 Å². The number of hydrogen-bond acceptors (Lipinski definition) is 2. The second-order valence-corrected chi connectivity index (χ2v) is 10.4. The number of allylic oxidation sites excluding steroid dienone is 6. The molecule has 1 heterocycles. The van der Waals surface area contributed by atoms with Crippen molar-refractivity contribution in [3.05, 3.63) is 34.9 Å². The monoisotopic (exact) mass is 430 g/mol. The van der Waals surface area contributed by atoms with E-state index >= 15 is 0 Å². The largest absolute Gasteiger partial charge is 0.370 e. The minimum Gasteiger partial charge on any atom is -0.370 e. The van der Waals surface area contributed by atoms with Crippen molar-refractivity contribution >= 4 is 5.78 Å². The summed E-state index contributed by atoms with van der Waals surface area (Å²) >= 11 is 0. The third kappa shape index (κ3) is 14.5. The van der Waals surface area contributed by atoms with Gasteiger partial charge in [0.1, 0.15) is 0 Å². The number of unbranched alkanes of at least 4 members (excludes halogenated alkanes) is 1. The molecule has 0 bridgehead atoms. The van der Waals surface area contributed by atoms with Crippen molar-refractivity contribution in [2.45, 2.75) is 131 Å². The molecule has 0 radical (unpaired) electrons. The van der Waals surface area contributed by atoms with Gasteiger partial charge >= 0.3 is 0 Å². The van der Waals surface area contributed by atoms with E-state index in [1.165, 1.54) is 43.3 Å². The molecule has 2 heteroatoms. The molecule has 1 aliphatic heterocycles. The molecule has 1 aliphatic rings. The summed E-state index contributed by atoms with van der Waals surface area (Å²) in [6, 6.07) is 0. The van der Waals surface area contributed by atoms with Gasteiger partial charge in [-0.15, -0.1) is 0 Å². The Morgan fingerprint density at radius 1 is 0.839 bits per heavy atom. The highest BCUT2D eigenvalue weighted by atomic mass is 16.6. The number of epoxide rings is 1. The van der Waals surface area contributed by atoms with Crippen LogP contribution in [-0.4, -0.2) is 18.0 Å². The quantitative estimate of drug-likeness (QED) is 0.0998. The first kappa shape index (κ1) is 27.9. The van der Waals surface area contributed by atoms with E-state index in [1.807, 2.05) is 6.92 Å². The van der Waals surface area contributed by atoms with E-state index in [9.17, 15) is 4.79 Å². The number of ketones is 1. The summed E-state index contributed by atoms with van der Waals surface area (Å²) in [5, 5.41) is 0. The Morgan fingerprint density at radius 2 is 1.45 bits per heavy atom. The van der Waals surface area contributed by atoms with Gasteiger partial charge in [-0.25, -0.2) is 0 Å². The van der Waals surface area contributed by atoms with Crippen LogP contribution in [-0.2, 0) is 9.53 Å². The fourth-order valence-corrected chi connectivity index (χ4v) is 3.97. The summed E-state index contributed by atoms with van der Waals surface area (Å²) in [5.74, 6) is 1.73.